The molecule has 0 saturated carbocycles. The number of allylic oxidation sites excluding steroid dienone is 1. The molecule has 7 nitrogen and oxygen atoms in total. The summed E-state index contributed by atoms with van der Waals surface area (Å²) >= 11 is 0. The number of hydrogen-bond acceptors (Lipinski definition) is 5. The Morgan fingerprint density at radius 1 is 1.43 bits per heavy atom. The quantitative estimate of drug-likeness (QED) is 0.823. The van der Waals surface area contributed by atoms with Crippen molar-refractivity contribution in [3.63, 3.8) is 0 Å². The fourth-order valence-electron chi connectivity index (χ4n) is 3.51. The van der Waals surface area contributed by atoms with Crippen LogP contribution in [0.4, 0.5) is 8.78 Å². The second kappa shape index (κ2) is 7.29. The van der Waals surface area contributed by atoms with E-state index in [0.717, 1.165) is 5.39 Å². The molecule has 148 valence electrons. The number of hydrogen-bond donors (Lipinski definition) is 1. The zero-order chi connectivity index (χ0) is 19.8. The average molecular weight is 389 g/mol. The standard InChI is InChI=1S/C19H21F2N5O2/c1-10(12-5-18(27)23-8-12)28-19-13-9-26(2)25-14(13)6-16(24-19)15-3-11(7-22-15)4-17(20)21/h3,6-7,9-12,17H,4-5,8H2,1-2H3,(H,23,27)/t10-,11?,12-/m1/s1. The van der Waals surface area contributed by atoms with Crippen molar-refractivity contribution in [2.45, 2.75) is 32.3 Å². The summed E-state index contributed by atoms with van der Waals surface area (Å²) in [5.41, 5.74) is 1.75. The summed E-state index contributed by atoms with van der Waals surface area (Å²) in [6, 6.07) is 1.78. The number of rotatable bonds is 6. The molecule has 1 saturated heterocycles. The number of carbonyl (C=O) groups excluding carboxylic acids is 1. The summed E-state index contributed by atoms with van der Waals surface area (Å²) in [7, 11) is 1.80. The maximum Gasteiger partial charge on any atom is 0.239 e. The normalized spacial score (nSPS) is 22.8. The van der Waals surface area contributed by atoms with Gasteiger partial charge in [-0.1, -0.05) is 0 Å². The number of pyridine rings is 1. The third kappa shape index (κ3) is 3.74. The van der Waals surface area contributed by atoms with Crippen molar-refractivity contribution < 1.29 is 18.3 Å². The number of nitrogens with zero attached hydrogens (tertiary/aromatic N) is 4. The number of alkyl halides is 2. The summed E-state index contributed by atoms with van der Waals surface area (Å²) in [5, 5.41) is 7.98. The monoisotopic (exact) mass is 389 g/mol. The smallest absolute Gasteiger partial charge is 0.239 e. The van der Waals surface area contributed by atoms with E-state index < -0.39 is 12.3 Å². The number of carbonyl (C=O) groups is 1. The molecule has 3 atom stereocenters. The number of aromatic nitrogens is 3. The minimum atomic E-state index is -2.39. The Morgan fingerprint density at radius 2 is 2.25 bits per heavy atom. The van der Waals surface area contributed by atoms with Gasteiger partial charge in [-0.3, -0.25) is 14.5 Å². The van der Waals surface area contributed by atoms with Gasteiger partial charge >= 0.3 is 0 Å². The van der Waals surface area contributed by atoms with E-state index in [1.165, 1.54) is 6.21 Å². The van der Waals surface area contributed by atoms with Crippen molar-refractivity contribution >= 4 is 28.7 Å². The van der Waals surface area contributed by atoms with Gasteiger partial charge in [-0.2, -0.15) is 5.10 Å². The lowest BCUT2D eigenvalue weighted by Crippen LogP contribution is -2.26. The molecule has 2 aliphatic rings. The highest BCUT2D eigenvalue weighted by molar-refractivity contribution is 5.88. The molecular formula is C19H21F2N5O2. The number of halogens is 2. The Kier molecular flexibility index (Phi) is 4.82. The van der Waals surface area contributed by atoms with Crippen LogP contribution in [0.2, 0.25) is 0 Å². The van der Waals surface area contributed by atoms with Gasteiger partial charge in [0.05, 0.1) is 22.3 Å². The van der Waals surface area contributed by atoms with Crippen LogP contribution in [0.1, 0.15) is 25.5 Å². The number of amides is 1. The van der Waals surface area contributed by atoms with E-state index in [0.29, 0.717) is 35.8 Å². The molecule has 1 fully saturated rings. The van der Waals surface area contributed by atoms with E-state index in [-0.39, 0.29) is 24.3 Å². The maximum atomic E-state index is 12.6. The first-order chi connectivity index (χ1) is 13.4. The van der Waals surface area contributed by atoms with Crippen molar-refractivity contribution in [1.82, 2.24) is 20.1 Å². The SMILES string of the molecule is C[C@@H](Oc1nc(C2=CC(CC(F)F)C=N2)cc2nn(C)cc12)[C@H]1CNC(=O)C1. The van der Waals surface area contributed by atoms with Crippen LogP contribution < -0.4 is 10.1 Å². The highest BCUT2D eigenvalue weighted by atomic mass is 19.3. The van der Waals surface area contributed by atoms with Crippen LogP contribution in [0.25, 0.3) is 16.6 Å². The number of ether oxygens (including phenoxy) is 1. The maximum absolute atomic E-state index is 12.6. The summed E-state index contributed by atoms with van der Waals surface area (Å²) in [6.45, 7) is 2.48. The molecule has 2 aliphatic heterocycles. The van der Waals surface area contributed by atoms with Crippen LogP contribution >= 0.6 is 0 Å². The Labute approximate surface area is 160 Å². The fraction of sp³-hybridized carbons (Fsp3) is 0.474. The molecule has 28 heavy (non-hydrogen) atoms. The Bertz CT molecular complexity index is 969. The Morgan fingerprint density at radius 3 is 2.96 bits per heavy atom. The minimum absolute atomic E-state index is 0.0178. The highest BCUT2D eigenvalue weighted by Crippen LogP contribution is 2.31. The number of nitrogens with one attached hydrogen (secondary N) is 1. The summed E-state index contributed by atoms with van der Waals surface area (Å²) in [6.07, 6.45) is 2.57. The Hall–Kier alpha value is -2.84. The zero-order valence-electron chi connectivity index (χ0n) is 15.6. The van der Waals surface area contributed by atoms with E-state index in [1.54, 1.807) is 23.9 Å². The first kappa shape index (κ1) is 18.5. The average Bonchev–Trinajstić information content (AvgIpc) is 3.33. The second-order valence-corrected chi connectivity index (χ2v) is 7.26. The molecule has 4 heterocycles. The third-order valence-corrected chi connectivity index (χ3v) is 5.04. The zero-order valence-corrected chi connectivity index (χ0v) is 15.6. The summed E-state index contributed by atoms with van der Waals surface area (Å²) in [5.74, 6) is 0.0731. The molecule has 0 aliphatic carbocycles. The van der Waals surface area contributed by atoms with E-state index in [4.69, 9.17) is 4.74 Å². The van der Waals surface area contributed by atoms with Gasteiger partial charge < -0.3 is 10.1 Å². The lowest BCUT2D eigenvalue weighted by atomic mass is 10.0. The van der Waals surface area contributed by atoms with Gasteiger partial charge in [-0.05, 0) is 19.1 Å². The fourth-order valence-corrected chi connectivity index (χ4v) is 3.51. The van der Waals surface area contributed by atoms with Crippen LogP contribution in [0.3, 0.4) is 0 Å². The van der Waals surface area contributed by atoms with Crippen LogP contribution in [0.5, 0.6) is 5.88 Å². The molecule has 0 spiro atoms. The first-order valence-corrected chi connectivity index (χ1v) is 9.21. The molecule has 1 amide bonds. The van der Waals surface area contributed by atoms with Crippen molar-refractivity contribution in [2.24, 2.45) is 23.9 Å². The molecular weight excluding hydrogens is 368 g/mol. The van der Waals surface area contributed by atoms with Crippen molar-refractivity contribution in [3.05, 3.63) is 24.0 Å². The third-order valence-electron chi connectivity index (χ3n) is 5.04. The molecule has 9 heteroatoms. The molecule has 0 aromatic carbocycles. The van der Waals surface area contributed by atoms with Gasteiger partial charge in [0.2, 0.25) is 18.2 Å². The van der Waals surface area contributed by atoms with Crippen LogP contribution in [0.15, 0.2) is 23.3 Å². The van der Waals surface area contributed by atoms with E-state index in [1.807, 2.05) is 13.1 Å². The van der Waals surface area contributed by atoms with Crippen molar-refractivity contribution in [1.29, 1.82) is 0 Å². The van der Waals surface area contributed by atoms with Gasteiger partial charge in [0.15, 0.2) is 0 Å². The van der Waals surface area contributed by atoms with Crippen molar-refractivity contribution in [3.8, 4) is 5.88 Å². The topological polar surface area (TPSA) is 81.4 Å². The van der Waals surface area contributed by atoms with Crippen LogP contribution in [-0.2, 0) is 11.8 Å². The summed E-state index contributed by atoms with van der Waals surface area (Å²) in [4.78, 5) is 20.3. The van der Waals surface area contributed by atoms with Gasteiger partial charge in [0.25, 0.3) is 0 Å². The second-order valence-electron chi connectivity index (χ2n) is 7.26. The first-order valence-electron chi connectivity index (χ1n) is 9.21. The van der Waals surface area contributed by atoms with Gasteiger partial charge in [0, 0.05) is 50.7 Å². The Balaban J connectivity index is 1.64. The highest BCUT2D eigenvalue weighted by Gasteiger charge is 2.29. The molecule has 1 unspecified atom stereocenters. The number of aryl methyl sites for hydroxylation is 1. The van der Waals surface area contributed by atoms with Gasteiger partial charge in [-0.25, -0.2) is 13.8 Å². The van der Waals surface area contributed by atoms with E-state index in [2.05, 4.69) is 20.4 Å². The predicted molar refractivity (Wildman–Crippen MR) is 100 cm³/mol. The molecule has 4 rings (SSSR count). The van der Waals surface area contributed by atoms with Crippen LogP contribution in [-0.4, -0.2) is 46.0 Å². The minimum Gasteiger partial charge on any atom is -0.474 e. The lowest BCUT2D eigenvalue weighted by Gasteiger charge is -2.19. The molecule has 2 aromatic heterocycles. The molecule has 0 radical (unpaired) electrons. The predicted octanol–water partition coefficient (Wildman–Crippen LogP) is 2.57. The lowest BCUT2D eigenvalue weighted by molar-refractivity contribution is -0.119. The van der Waals surface area contributed by atoms with Gasteiger partial charge in [0.1, 0.15) is 6.10 Å². The number of aliphatic imine (C=N–C) groups is 1. The molecule has 2 aromatic rings. The van der Waals surface area contributed by atoms with Gasteiger partial charge in [-0.15, -0.1) is 0 Å². The van der Waals surface area contributed by atoms with Crippen LogP contribution in [0, 0.1) is 11.8 Å². The molecule has 1 N–H and O–H groups in total. The molecule has 0 bridgehead atoms. The summed E-state index contributed by atoms with van der Waals surface area (Å²) < 4.78 is 33.1. The van der Waals surface area contributed by atoms with Crippen molar-refractivity contribution in [2.75, 3.05) is 6.54 Å². The van der Waals surface area contributed by atoms with E-state index >= 15 is 0 Å². The largest absolute Gasteiger partial charge is 0.474 e. The number of fused-ring (bicyclic) bond motifs is 1. The van der Waals surface area contributed by atoms with E-state index in [9.17, 15) is 13.6 Å².